The Morgan fingerprint density at radius 3 is 2.38 bits per heavy atom. The minimum atomic E-state index is -4.78. The molecule has 3 amide bonds. The van der Waals surface area contributed by atoms with Gasteiger partial charge in [0.25, 0.3) is 5.91 Å². The number of alkyl halides is 3. The van der Waals surface area contributed by atoms with Crippen LogP contribution in [0.4, 0.5) is 23.7 Å². The van der Waals surface area contributed by atoms with Crippen molar-refractivity contribution in [3.8, 4) is 5.75 Å². The number of likely N-dealkylation sites (tertiary alicyclic amines) is 1. The summed E-state index contributed by atoms with van der Waals surface area (Å²) in [5.74, 6) is -0.828. The predicted molar refractivity (Wildman–Crippen MR) is 101 cm³/mol. The highest BCUT2D eigenvalue weighted by atomic mass is 19.4. The third kappa shape index (κ3) is 6.13. The van der Waals surface area contributed by atoms with E-state index in [1.807, 2.05) is 0 Å². The summed E-state index contributed by atoms with van der Waals surface area (Å²) in [7, 11) is 0. The minimum Gasteiger partial charge on any atom is -0.406 e. The van der Waals surface area contributed by atoms with Crippen molar-refractivity contribution < 1.29 is 27.5 Å². The molecule has 1 fully saturated rings. The molecular weight excluding hydrogens is 387 g/mol. The topological polar surface area (TPSA) is 70.7 Å². The summed E-state index contributed by atoms with van der Waals surface area (Å²) in [6, 6.07) is 11.6. The summed E-state index contributed by atoms with van der Waals surface area (Å²) in [4.78, 5) is 26.1. The van der Waals surface area contributed by atoms with E-state index in [0.29, 0.717) is 5.69 Å². The van der Waals surface area contributed by atoms with Crippen molar-refractivity contribution in [2.75, 3.05) is 18.4 Å². The summed E-state index contributed by atoms with van der Waals surface area (Å²) in [5.41, 5.74) is 1.61. The molecule has 0 aliphatic carbocycles. The van der Waals surface area contributed by atoms with E-state index >= 15 is 0 Å². The largest absolute Gasteiger partial charge is 0.573 e. The van der Waals surface area contributed by atoms with Gasteiger partial charge in [0.1, 0.15) is 5.75 Å². The number of benzene rings is 2. The van der Waals surface area contributed by atoms with Crippen molar-refractivity contribution in [1.29, 1.82) is 0 Å². The SMILES string of the molecule is O=C(NCc1cccc(NC(=O)N2CCCC2)c1)c1ccc(OC(F)(F)F)cc1. The summed E-state index contributed by atoms with van der Waals surface area (Å²) >= 11 is 0. The number of rotatable bonds is 5. The van der Waals surface area contributed by atoms with E-state index in [2.05, 4.69) is 15.4 Å². The third-order valence-corrected chi connectivity index (χ3v) is 4.37. The zero-order valence-corrected chi connectivity index (χ0v) is 15.5. The Hall–Kier alpha value is -3.23. The molecule has 2 aromatic carbocycles. The van der Waals surface area contributed by atoms with Crippen molar-refractivity contribution in [3.05, 3.63) is 59.7 Å². The standard InChI is InChI=1S/C20H20F3N3O3/c21-20(22,23)29-17-8-6-15(7-9-17)18(27)24-13-14-4-3-5-16(12-14)25-19(28)26-10-1-2-11-26/h3-9,12H,1-2,10-11,13H2,(H,24,27)(H,25,28). The minimum absolute atomic E-state index is 0.148. The van der Waals surface area contributed by atoms with Crippen LogP contribution in [-0.2, 0) is 6.54 Å². The normalized spacial score (nSPS) is 13.8. The van der Waals surface area contributed by atoms with Crippen LogP contribution in [0.3, 0.4) is 0 Å². The Labute approximate surface area is 165 Å². The van der Waals surface area contributed by atoms with Crippen LogP contribution in [0.15, 0.2) is 48.5 Å². The van der Waals surface area contributed by atoms with Crippen LogP contribution in [-0.4, -0.2) is 36.3 Å². The number of carbonyl (C=O) groups excluding carboxylic acids is 2. The van der Waals surface area contributed by atoms with Gasteiger partial charge in [-0.1, -0.05) is 12.1 Å². The number of carbonyl (C=O) groups is 2. The Morgan fingerprint density at radius 1 is 1.03 bits per heavy atom. The van der Waals surface area contributed by atoms with Crippen molar-refractivity contribution in [3.63, 3.8) is 0 Å². The second kappa shape index (κ2) is 8.85. The Morgan fingerprint density at radius 2 is 1.72 bits per heavy atom. The van der Waals surface area contributed by atoms with Gasteiger partial charge < -0.3 is 20.3 Å². The lowest BCUT2D eigenvalue weighted by atomic mass is 10.1. The van der Waals surface area contributed by atoms with Crippen LogP contribution < -0.4 is 15.4 Å². The van der Waals surface area contributed by atoms with Gasteiger partial charge in [0.05, 0.1) is 0 Å². The van der Waals surface area contributed by atoms with Gasteiger partial charge in [-0.2, -0.15) is 0 Å². The second-order valence-electron chi connectivity index (χ2n) is 6.58. The van der Waals surface area contributed by atoms with E-state index in [0.717, 1.165) is 43.6 Å². The maximum Gasteiger partial charge on any atom is 0.573 e. The molecule has 2 aromatic rings. The van der Waals surface area contributed by atoms with E-state index < -0.39 is 18.0 Å². The van der Waals surface area contributed by atoms with Gasteiger partial charge in [-0.15, -0.1) is 13.2 Å². The first-order valence-corrected chi connectivity index (χ1v) is 9.09. The second-order valence-corrected chi connectivity index (χ2v) is 6.58. The molecule has 0 atom stereocenters. The molecule has 6 nitrogen and oxygen atoms in total. The van der Waals surface area contributed by atoms with Crippen LogP contribution in [0.25, 0.3) is 0 Å². The zero-order chi connectivity index (χ0) is 20.9. The highest BCUT2D eigenvalue weighted by molar-refractivity contribution is 5.94. The first kappa shape index (κ1) is 20.5. The van der Waals surface area contributed by atoms with Crippen LogP contribution in [0, 0.1) is 0 Å². The summed E-state index contributed by atoms with van der Waals surface area (Å²) in [5, 5.41) is 5.53. The lowest BCUT2D eigenvalue weighted by molar-refractivity contribution is -0.274. The number of anilines is 1. The number of ether oxygens (including phenoxy) is 1. The molecule has 0 radical (unpaired) electrons. The fraction of sp³-hybridized carbons (Fsp3) is 0.300. The first-order valence-electron chi connectivity index (χ1n) is 9.09. The van der Waals surface area contributed by atoms with Crippen molar-refractivity contribution in [2.24, 2.45) is 0 Å². The predicted octanol–water partition coefficient (Wildman–Crippen LogP) is 4.14. The lowest BCUT2D eigenvalue weighted by Crippen LogP contribution is -2.32. The molecule has 0 unspecified atom stereocenters. The zero-order valence-electron chi connectivity index (χ0n) is 15.5. The monoisotopic (exact) mass is 407 g/mol. The highest BCUT2D eigenvalue weighted by Gasteiger charge is 2.31. The maximum absolute atomic E-state index is 12.2. The van der Waals surface area contributed by atoms with E-state index in [-0.39, 0.29) is 18.1 Å². The molecule has 0 bridgehead atoms. The van der Waals surface area contributed by atoms with Crippen molar-refractivity contribution >= 4 is 17.6 Å². The number of urea groups is 1. The number of hydrogen-bond acceptors (Lipinski definition) is 3. The molecule has 2 N–H and O–H groups in total. The smallest absolute Gasteiger partial charge is 0.406 e. The van der Waals surface area contributed by atoms with E-state index in [9.17, 15) is 22.8 Å². The van der Waals surface area contributed by atoms with Crippen molar-refractivity contribution in [1.82, 2.24) is 10.2 Å². The quantitative estimate of drug-likeness (QED) is 0.783. The molecule has 154 valence electrons. The lowest BCUT2D eigenvalue weighted by Gasteiger charge is -2.16. The Bertz CT molecular complexity index is 863. The van der Waals surface area contributed by atoms with E-state index in [1.54, 1.807) is 29.2 Å². The van der Waals surface area contributed by atoms with E-state index in [1.165, 1.54) is 12.1 Å². The van der Waals surface area contributed by atoms with Crippen molar-refractivity contribution in [2.45, 2.75) is 25.7 Å². The molecule has 1 aliphatic heterocycles. The number of nitrogens with zero attached hydrogens (tertiary/aromatic N) is 1. The molecule has 1 saturated heterocycles. The van der Waals surface area contributed by atoms with Gasteiger partial charge in [0.15, 0.2) is 0 Å². The summed E-state index contributed by atoms with van der Waals surface area (Å²) in [6.07, 6.45) is -2.77. The van der Waals surface area contributed by atoms with Crippen LogP contribution in [0.5, 0.6) is 5.75 Å². The first-order chi connectivity index (χ1) is 13.8. The van der Waals surface area contributed by atoms with Gasteiger partial charge >= 0.3 is 12.4 Å². The molecule has 1 aliphatic rings. The molecule has 0 aromatic heterocycles. The van der Waals surface area contributed by atoms with Gasteiger partial charge in [-0.25, -0.2) is 4.79 Å². The number of nitrogens with one attached hydrogen (secondary N) is 2. The average Bonchev–Trinajstić information content (AvgIpc) is 3.21. The van der Waals surface area contributed by atoms with E-state index in [4.69, 9.17) is 0 Å². The molecule has 0 saturated carbocycles. The Kier molecular flexibility index (Phi) is 6.26. The summed E-state index contributed by atoms with van der Waals surface area (Å²) in [6.45, 7) is 1.69. The van der Waals surface area contributed by atoms with Crippen LogP contribution in [0.1, 0.15) is 28.8 Å². The molecular formula is C20H20F3N3O3. The highest BCUT2D eigenvalue weighted by Crippen LogP contribution is 2.22. The summed E-state index contributed by atoms with van der Waals surface area (Å²) < 4.78 is 40.3. The van der Waals surface area contributed by atoms with Crippen LogP contribution in [0.2, 0.25) is 0 Å². The van der Waals surface area contributed by atoms with Gasteiger partial charge in [-0.3, -0.25) is 4.79 Å². The number of halogens is 3. The number of amides is 3. The molecule has 0 spiro atoms. The molecule has 3 rings (SSSR count). The fourth-order valence-corrected chi connectivity index (χ4v) is 2.97. The molecule has 1 heterocycles. The maximum atomic E-state index is 12.2. The van der Waals surface area contributed by atoms with Gasteiger partial charge in [-0.05, 0) is 54.8 Å². The molecule has 29 heavy (non-hydrogen) atoms. The van der Waals surface area contributed by atoms with Crippen LogP contribution >= 0.6 is 0 Å². The molecule has 9 heteroatoms. The fourth-order valence-electron chi connectivity index (χ4n) is 2.97. The number of hydrogen-bond donors (Lipinski definition) is 2. The van der Waals surface area contributed by atoms with Gasteiger partial charge in [0.2, 0.25) is 0 Å². The Balaban J connectivity index is 1.54. The van der Waals surface area contributed by atoms with Gasteiger partial charge in [0, 0.05) is 30.9 Å². The third-order valence-electron chi connectivity index (χ3n) is 4.37. The average molecular weight is 407 g/mol.